The zero-order valence-electron chi connectivity index (χ0n) is 7.43. The van der Waals surface area contributed by atoms with Gasteiger partial charge in [0.15, 0.2) is 0 Å². The third-order valence-electron chi connectivity index (χ3n) is 1.34. The first kappa shape index (κ1) is 11.1. The Kier molecular flexibility index (Phi) is 3.21. The van der Waals surface area contributed by atoms with Gasteiger partial charge in [-0.15, -0.1) is 8.80 Å². The molecule has 0 spiro atoms. The molecule has 80 valence electrons. The molecule has 0 radical (unpaired) electrons. The summed E-state index contributed by atoms with van der Waals surface area (Å²) in [7, 11) is -4.84. The Morgan fingerprint density at radius 3 is 2.64 bits per heavy atom. The minimum atomic E-state index is -3.84. The van der Waals surface area contributed by atoms with E-state index in [1.165, 1.54) is 6.26 Å². The van der Waals surface area contributed by atoms with Gasteiger partial charge >= 0.3 is 10.2 Å². The average Bonchev–Trinajstić information content (AvgIpc) is 1.96. The molecule has 1 atom stereocenters. The predicted molar refractivity (Wildman–Crippen MR) is 54.7 cm³/mol. The number of nitrogens with two attached hydrogens (primary N) is 1. The van der Waals surface area contributed by atoms with Gasteiger partial charge in [-0.3, -0.25) is 4.21 Å². The minimum absolute atomic E-state index is 0.174. The van der Waals surface area contributed by atoms with Crippen LogP contribution in [0.1, 0.15) is 6.42 Å². The van der Waals surface area contributed by atoms with E-state index >= 15 is 0 Å². The van der Waals surface area contributed by atoms with E-state index in [0.29, 0.717) is 5.75 Å². The zero-order valence-corrected chi connectivity index (χ0v) is 9.06. The maximum Gasteiger partial charge on any atom is 0.367 e. The Balaban J connectivity index is 2.73. The summed E-state index contributed by atoms with van der Waals surface area (Å²) in [6.45, 7) is 0. The summed E-state index contributed by atoms with van der Waals surface area (Å²) >= 11 is 0. The van der Waals surface area contributed by atoms with Gasteiger partial charge in [-0.05, 0) is 0 Å². The quantitative estimate of drug-likeness (QED) is 0.609. The molecule has 0 saturated heterocycles. The van der Waals surface area contributed by atoms with Crippen LogP contribution in [0.2, 0.25) is 0 Å². The minimum Gasteiger partial charge on any atom is -0.369 e. The highest BCUT2D eigenvalue weighted by atomic mass is 32.2. The molecular formula is C5H10N4O3S2. The summed E-state index contributed by atoms with van der Waals surface area (Å²) < 4.78 is 39.0. The first-order valence-electron chi connectivity index (χ1n) is 3.65. The molecule has 1 rings (SSSR count). The van der Waals surface area contributed by atoms with Gasteiger partial charge in [0.2, 0.25) is 5.96 Å². The van der Waals surface area contributed by atoms with E-state index in [0.717, 1.165) is 0 Å². The van der Waals surface area contributed by atoms with Gasteiger partial charge in [-0.2, -0.15) is 8.42 Å². The van der Waals surface area contributed by atoms with Gasteiger partial charge < -0.3 is 11.1 Å². The lowest BCUT2D eigenvalue weighted by molar-refractivity contribution is 0.598. The molecule has 0 aromatic carbocycles. The van der Waals surface area contributed by atoms with Crippen LogP contribution in [0.3, 0.4) is 0 Å². The van der Waals surface area contributed by atoms with Crippen molar-refractivity contribution >= 4 is 32.8 Å². The molecule has 1 aliphatic heterocycles. The van der Waals surface area contributed by atoms with Crippen LogP contribution in [0.5, 0.6) is 0 Å². The van der Waals surface area contributed by atoms with Gasteiger partial charge in [-0.1, -0.05) is 0 Å². The normalized spacial score (nSPS) is 21.8. The summed E-state index contributed by atoms with van der Waals surface area (Å²) in [5, 5.41) is 2.49. The zero-order chi connectivity index (χ0) is 10.8. The van der Waals surface area contributed by atoms with E-state index in [-0.39, 0.29) is 18.2 Å². The van der Waals surface area contributed by atoms with Crippen molar-refractivity contribution < 1.29 is 12.6 Å². The first-order chi connectivity index (χ1) is 6.39. The summed E-state index contributed by atoms with van der Waals surface area (Å²) in [5.74, 6) is 0.291. The molecule has 0 aromatic rings. The molecule has 14 heavy (non-hydrogen) atoms. The van der Waals surface area contributed by atoms with Crippen molar-refractivity contribution in [1.29, 1.82) is 0 Å². The highest BCUT2D eigenvalue weighted by molar-refractivity contribution is 7.89. The largest absolute Gasteiger partial charge is 0.369 e. The molecule has 9 heteroatoms. The summed E-state index contributed by atoms with van der Waals surface area (Å²) in [4.78, 5) is 0. The van der Waals surface area contributed by atoms with Crippen molar-refractivity contribution in [2.45, 2.75) is 6.42 Å². The van der Waals surface area contributed by atoms with Gasteiger partial charge in [0.25, 0.3) is 0 Å². The van der Waals surface area contributed by atoms with Crippen molar-refractivity contribution in [2.75, 3.05) is 12.0 Å². The van der Waals surface area contributed by atoms with E-state index in [1.807, 2.05) is 0 Å². The second-order valence-electron chi connectivity index (χ2n) is 2.61. The maximum absolute atomic E-state index is 10.9. The van der Waals surface area contributed by atoms with Crippen molar-refractivity contribution in [3.8, 4) is 0 Å². The number of nitrogens with zero attached hydrogens (tertiary/aromatic N) is 2. The summed E-state index contributed by atoms with van der Waals surface area (Å²) in [6, 6.07) is 0. The number of amidine groups is 1. The molecule has 1 unspecified atom stereocenters. The van der Waals surface area contributed by atoms with E-state index in [2.05, 4.69) is 14.1 Å². The number of rotatable bonds is 3. The molecule has 0 bridgehead atoms. The van der Waals surface area contributed by atoms with Crippen LogP contribution in [-0.2, 0) is 21.0 Å². The number of guanidine groups is 1. The van der Waals surface area contributed by atoms with Crippen molar-refractivity contribution in [3.63, 3.8) is 0 Å². The molecule has 1 heterocycles. The Labute approximate surface area is 84.1 Å². The maximum atomic E-state index is 10.9. The van der Waals surface area contributed by atoms with Crippen LogP contribution in [0.4, 0.5) is 0 Å². The molecule has 0 amide bonds. The smallest absolute Gasteiger partial charge is 0.367 e. The topological polar surface area (TPSA) is 114 Å². The van der Waals surface area contributed by atoms with Crippen LogP contribution in [0, 0.1) is 0 Å². The first-order valence-corrected chi connectivity index (χ1v) is 6.78. The average molecular weight is 238 g/mol. The molecular weight excluding hydrogens is 228 g/mol. The Hall–Kier alpha value is -0.960. The standard InChI is InChI=1S/C5H10N4O3S2/c1-13(10)3-2-4-7-5(6)9-14(11,12)8-4/h2-3H2,1H3,(H3,6,7,8,9). The molecule has 7 nitrogen and oxygen atoms in total. The Bertz CT molecular complexity index is 411. The van der Waals surface area contributed by atoms with Gasteiger partial charge in [-0.25, -0.2) is 0 Å². The Morgan fingerprint density at radius 2 is 2.14 bits per heavy atom. The fourth-order valence-electron chi connectivity index (χ4n) is 0.826. The predicted octanol–water partition coefficient (Wildman–Crippen LogP) is -1.68. The van der Waals surface area contributed by atoms with E-state index in [1.54, 1.807) is 0 Å². The molecule has 0 fully saturated rings. The highest BCUT2D eigenvalue weighted by Crippen LogP contribution is 2.01. The van der Waals surface area contributed by atoms with Crippen LogP contribution in [0.15, 0.2) is 8.80 Å². The van der Waals surface area contributed by atoms with E-state index < -0.39 is 21.0 Å². The number of hydrogen-bond donors (Lipinski definition) is 2. The molecule has 3 N–H and O–H groups in total. The fraction of sp³-hybridized carbons (Fsp3) is 0.600. The molecule has 0 saturated carbocycles. The van der Waals surface area contributed by atoms with Crippen molar-refractivity contribution in [3.05, 3.63) is 0 Å². The lowest BCUT2D eigenvalue weighted by Gasteiger charge is -2.11. The van der Waals surface area contributed by atoms with E-state index in [9.17, 15) is 12.6 Å². The monoisotopic (exact) mass is 238 g/mol. The van der Waals surface area contributed by atoms with Crippen LogP contribution in [0.25, 0.3) is 0 Å². The third kappa shape index (κ3) is 3.42. The van der Waals surface area contributed by atoms with Crippen molar-refractivity contribution in [2.24, 2.45) is 14.5 Å². The van der Waals surface area contributed by atoms with Crippen LogP contribution in [-0.4, -0.2) is 36.4 Å². The molecule has 1 aliphatic rings. The molecule has 0 aromatic heterocycles. The number of nitrogens with one attached hydrogen (secondary N) is 1. The molecule has 0 aliphatic carbocycles. The van der Waals surface area contributed by atoms with Crippen molar-refractivity contribution in [1.82, 2.24) is 5.32 Å². The Morgan fingerprint density at radius 1 is 1.50 bits per heavy atom. The van der Waals surface area contributed by atoms with Crippen LogP contribution < -0.4 is 11.1 Å². The van der Waals surface area contributed by atoms with Gasteiger partial charge in [0.1, 0.15) is 5.84 Å². The lowest BCUT2D eigenvalue weighted by atomic mass is 10.4. The summed E-state index contributed by atoms with van der Waals surface area (Å²) in [6.07, 6.45) is 1.79. The number of hydrogen-bond acceptors (Lipinski definition) is 5. The fourth-order valence-corrected chi connectivity index (χ4v) is 2.06. The third-order valence-corrected chi connectivity index (χ3v) is 3.00. The second kappa shape index (κ2) is 4.05. The highest BCUT2D eigenvalue weighted by Gasteiger charge is 2.16. The summed E-state index contributed by atoms with van der Waals surface area (Å²) in [5.41, 5.74) is 5.21. The van der Waals surface area contributed by atoms with E-state index in [4.69, 9.17) is 5.73 Å². The van der Waals surface area contributed by atoms with Crippen LogP contribution >= 0.6 is 0 Å². The second-order valence-corrected chi connectivity index (χ2v) is 5.43. The lowest BCUT2D eigenvalue weighted by Crippen LogP contribution is -2.41. The van der Waals surface area contributed by atoms with Gasteiger partial charge in [0.05, 0.1) is 0 Å². The van der Waals surface area contributed by atoms with Gasteiger partial charge in [0, 0.05) is 29.2 Å². The SMILES string of the molecule is CS(=O)CCC1=NS(=O)(=O)N=C(N)N1.